The summed E-state index contributed by atoms with van der Waals surface area (Å²) in [5.41, 5.74) is 3.72. The SMILES string of the molecule is Cn1cc(-c2ccncc2C=CC(=O)Nc2ccc(CC(C)(C)O)cc2)cn1. The van der Waals surface area contributed by atoms with E-state index in [-0.39, 0.29) is 5.91 Å². The molecule has 0 spiro atoms. The van der Waals surface area contributed by atoms with E-state index in [1.54, 1.807) is 43.2 Å². The third-order valence-corrected chi connectivity index (χ3v) is 4.14. The van der Waals surface area contributed by atoms with Crippen molar-refractivity contribution in [2.45, 2.75) is 25.9 Å². The topological polar surface area (TPSA) is 80.0 Å². The zero-order chi connectivity index (χ0) is 20.1. The van der Waals surface area contributed by atoms with Gasteiger partial charge in [-0.05, 0) is 49.2 Å². The van der Waals surface area contributed by atoms with Gasteiger partial charge >= 0.3 is 0 Å². The van der Waals surface area contributed by atoms with Gasteiger partial charge in [-0.25, -0.2) is 0 Å². The summed E-state index contributed by atoms with van der Waals surface area (Å²) in [5.74, 6) is -0.226. The van der Waals surface area contributed by atoms with Gasteiger partial charge in [0.2, 0.25) is 5.91 Å². The van der Waals surface area contributed by atoms with E-state index in [1.165, 1.54) is 6.08 Å². The molecule has 0 bridgehead atoms. The number of carbonyl (C=O) groups excluding carboxylic acids is 1. The normalized spacial score (nSPS) is 11.7. The average molecular weight is 376 g/mol. The molecule has 0 aliphatic rings. The van der Waals surface area contributed by atoms with Gasteiger partial charge in [-0.2, -0.15) is 5.10 Å². The summed E-state index contributed by atoms with van der Waals surface area (Å²) in [7, 11) is 1.86. The van der Waals surface area contributed by atoms with E-state index in [2.05, 4.69) is 15.4 Å². The fourth-order valence-electron chi connectivity index (χ4n) is 2.92. The van der Waals surface area contributed by atoms with Gasteiger partial charge in [-0.3, -0.25) is 14.5 Å². The monoisotopic (exact) mass is 376 g/mol. The van der Waals surface area contributed by atoms with Crippen molar-refractivity contribution >= 4 is 17.7 Å². The van der Waals surface area contributed by atoms with Crippen molar-refractivity contribution in [3.63, 3.8) is 0 Å². The first-order chi connectivity index (χ1) is 13.3. The number of aryl methyl sites for hydroxylation is 1. The number of pyridine rings is 1. The van der Waals surface area contributed by atoms with Crippen molar-refractivity contribution in [2.24, 2.45) is 7.05 Å². The van der Waals surface area contributed by atoms with Crippen molar-refractivity contribution in [3.8, 4) is 11.1 Å². The molecule has 2 aromatic heterocycles. The molecule has 6 nitrogen and oxygen atoms in total. The van der Waals surface area contributed by atoms with Crippen LogP contribution in [0.25, 0.3) is 17.2 Å². The number of benzene rings is 1. The summed E-state index contributed by atoms with van der Waals surface area (Å²) >= 11 is 0. The Morgan fingerprint density at radius 3 is 2.61 bits per heavy atom. The summed E-state index contributed by atoms with van der Waals surface area (Å²) in [6.07, 6.45) is 10.9. The van der Waals surface area contributed by atoms with Crippen LogP contribution in [0.3, 0.4) is 0 Å². The Kier molecular flexibility index (Phi) is 5.70. The molecule has 0 radical (unpaired) electrons. The molecule has 0 aliphatic heterocycles. The first-order valence-corrected chi connectivity index (χ1v) is 9.03. The number of aromatic nitrogens is 3. The van der Waals surface area contributed by atoms with Crippen LogP contribution in [0, 0.1) is 0 Å². The summed E-state index contributed by atoms with van der Waals surface area (Å²) in [6, 6.07) is 9.36. The molecule has 0 unspecified atom stereocenters. The van der Waals surface area contributed by atoms with Gasteiger partial charge in [0.15, 0.2) is 0 Å². The second-order valence-corrected chi connectivity index (χ2v) is 7.37. The lowest BCUT2D eigenvalue weighted by Crippen LogP contribution is -2.21. The van der Waals surface area contributed by atoms with Gasteiger partial charge in [0, 0.05) is 54.9 Å². The van der Waals surface area contributed by atoms with E-state index >= 15 is 0 Å². The average Bonchev–Trinajstić information content (AvgIpc) is 3.07. The Labute approximate surface area is 164 Å². The standard InChI is InChI=1S/C22H24N4O2/c1-22(2,28)12-16-4-7-19(8-5-16)25-21(27)9-6-17-13-23-11-10-20(17)18-14-24-26(3)15-18/h4-11,13-15,28H,12H2,1-3H3,(H,25,27). The smallest absolute Gasteiger partial charge is 0.248 e. The van der Waals surface area contributed by atoms with Crippen molar-refractivity contribution in [2.75, 3.05) is 5.32 Å². The number of hydrogen-bond acceptors (Lipinski definition) is 4. The van der Waals surface area contributed by atoms with Gasteiger partial charge in [-0.1, -0.05) is 12.1 Å². The lowest BCUT2D eigenvalue weighted by Gasteiger charge is -2.17. The van der Waals surface area contributed by atoms with E-state index in [9.17, 15) is 9.90 Å². The van der Waals surface area contributed by atoms with E-state index < -0.39 is 5.60 Å². The van der Waals surface area contributed by atoms with E-state index in [0.717, 1.165) is 22.3 Å². The van der Waals surface area contributed by atoms with E-state index in [4.69, 9.17) is 0 Å². The molecule has 0 aliphatic carbocycles. The second kappa shape index (κ2) is 8.19. The summed E-state index contributed by atoms with van der Waals surface area (Å²) < 4.78 is 1.73. The summed E-state index contributed by atoms with van der Waals surface area (Å²) in [6.45, 7) is 3.54. The largest absolute Gasteiger partial charge is 0.390 e. The number of carbonyl (C=O) groups is 1. The number of aliphatic hydroxyl groups is 1. The zero-order valence-electron chi connectivity index (χ0n) is 16.3. The Balaban J connectivity index is 1.68. The van der Waals surface area contributed by atoms with Gasteiger partial charge < -0.3 is 10.4 Å². The third-order valence-electron chi connectivity index (χ3n) is 4.14. The molecular formula is C22H24N4O2. The van der Waals surface area contributed by atoms with Crippen LogP contribution in [0.15, 0.2) is 61.2 Å². The Hall–Kier alpha value is -3.25. The molecule has 0 atom stereocenters. The summed E-state index contributed by atoms with van der Waals surface area (Å²) in [4.78, 5) is 16.4. The van der Waals surface area contributed by atoms with Gasteiger partial charge in [-0.15, -0.1) is 0 Å². The number of rotatable bonds is 6. The van der Waals surface area contributed by atoms with Crippen molar-refractivity contribution < 1.29 is 9.90 Å². The van der Waals surface area contributed by atoms with Gasteiger partial charge in [0.25, 0.3) is 0 Å². The first kappa shape index (κ1) is 19.5. The highest BCUT2D eigenvalue weighted by molar-refractivity contribution is 6.02. The van der Waals surface area contributed by atoms with Crippen LogP contribution >= 0.6 is 0 Å². The fraction of sp³-hybridized carbons (Fsp3) is 0.227. The second-order valence-electron chi connectivity index (χ2n) is 7.37. The molecular weight excluding hydrogens is 352 g/mol. The molecule has 1 amide bonds. The molecule has 0 saturated carbocycles. The van der Waals surface area contributed by atoms with Gasteiger partial charge in [0.05, 0.1) is 11.8 Å². The summed E-state index contributed by atoms with van der Waals surface area (Å²) in [5, 5.41) is 16.9. The number of hydrogen-bond donors (Lipinski definition) is 2. The Morgan fingerprint density at radius 1 is 1.21 bits per heavy atom. The minimum absolute atomic E-state index is 0.226. The maximum Gasteiger partial charge on any atom is 0.248 e. The molecule has 6 heteroatoms. The number of nitrogens with zero attached hydrogens (tertiary/aromatic N) is 3. The van der Waals surface area contributed by atoms with Crippen molar-refractivity contribution in [1.29, 1.82) is 0 Å². The fourth-order valence-corrected chi connectivity index (χ4v) is 2.92. The van der Waals surface area contributed by atoms with Crippen LogP contribution in [0.4, 0.5) is 5.69 Å². The van der Waals surface area contributed by atoms with Gasteiger partial charge in [0.1, 0.15) is 0 Å². The zero-order valence-corrected chi connectivity index (χ0v) is 16.3. The van der Waals surface area contributed by atoms with Crippen LogP contribution in [0.2, 0.25) is 0 Å². The van der Waals surface area contributed by atoms with Crippen LogP contribution in [-0.4, -0.2) is 31.4 Å². The predicted molar refractivity (Wildman–Crippen MR) is 111 cm³/mol. The van der Waals surface area contributed by atoms with Crippen LogP contribution in [-0.2, 0) is 18.3 Å². The highest BCUT2D eigenvalue weighted by Gasteiger charge is 2.13. The third kappa shape index (κ3) is 5.37. The molecule has 28 heavy (non-hydrogen) atoms. The number of anilines is 1. The lowest BCUT2D eigenvalue weighted by molar-refractivity contribution is -0.111. The minimum atomic E-state index is -0.761. The van der Waals surface area contributed by atoms with E-state index in [0.29, 0.717) is 12.1 Å². The van der Waals surface area contributed by atoms with Crippen LogP contribution in [0.5, 0.6) is 0 Å². The van der Waals surface area contributed by atoms with Crippen LogP contribution in [0.1, 0.15) is 25.0 Å². The maximum atomic E-state index is 12.3. The molecule has 144 valence electrons. The Morgan fingerprint density at radius 2 is 1.96 bits per heavy atom. The number of amides is 1. The van der Waals surface area contributed by atoms with Crippen molar-refractivity contribution in [3.05, 3.63) is 72.3 Å². The molecule has 3 aromatic rings. The molecule has 1 aromatic carbocycles. The molecule has 2 N–H and O–H groups in total. The Bertz CT molecular complexity index is 982. The molecule has 2 heterocycles. The first-order valence-electron chi connectivity index (χ1n) is 9.03. The number of nitrogens with one attached hydrogen (secondary N) is 1. The molecule has 0 saturated heterocycles. The quantitative estimate of drug-likeness (QED) is 0.646. The minimum Gasteiger partial charge on any atom is -0.390 e. The van der Waals surface area contributed by atoms with Crippen molar-refractivity contribution in [1.82, 2.24) is 14.8 Å². The van der Waals surface area contributed by atoms with Crippen LogP contribution < -0.4 is 5.32 Å². The highest BCUT2D eigenvalue weighted by Crippen LogP contribution is 2.23. The maximum absolute atomic E-state index is 12.3. The molecule has 0 fully saturated rings. The predicted octanol–water partition coefficient (Wildman–Crippen LogP) is 3.45. The lowest BCUT2D eigenvalue weighted by atomic mass is 9.99. The van der Waals surface area contributed by atoms with E-state index in [1.807, 2.05) is 43.6 Å². The molecule has 3 rings (SSSR count). The highest BCUT2D eigenvalue weighted by atomic mass is 16.3.